The monoisotopic (exact) mass is 847 g/mol. The molecule has 332 valence electrons. The van der Waals surface area contributed by atoms with Gasteiger partial charge in [0.25, 0.3) is 0 Å². The third kappa shape index (κ3) is 12.7. The van der Waals surface area contributed by atoms with Crippen molar-refractivity contribution < 1.29 is 82.5 Å². The Hall–Kier alpha value is -3.62. The first kappa shape index (κ1) is 47.4. The van der Waals surface area contributed by atoms with Gasteiger partial charge in [-0.3, -0.25) is 9.59 Å². The number of rotatable bonds is 23. The highest BCUT2D eigenvalue weighted by atomic mass is 16.8. The number of hydrogen-bond acceptors (Lipinski definition) is 17. The summed E-state index contributed by atoms with van der Waals surface area (Å²) >= 11 is 0. The van der Waals surface area contributed by atoms with Gasteiger partial charge in [0, 0.05) is 38.2 Å². The molecule has 18 heteroatoms. The number of methoxy groups -OCH3 is 2. The van der Waals surface area contributed by atoms with Crippen LogP contribution in [-0.4, -0.2) is 179 Å². The van der Waals surface area contributed by atoms with E-state index >= 15 is 0 Å². The number of anilines is 1. The molecule has 2 aromatic carbocycles. The maximum atomic E-state index is 13.5. The van der Waals surface area contributed by atoms with E-state index in [1.165, 1.54) is 14.2 Å². The van der Waals surface area contributed by atoms with E-state index in [4.69, 9.17) is 47.4 Å². The molecule has 3 heterocycles. The molecule has 5 rings (SSSR count). The predicted octanol–water partition coefficient (Wildman–Crippen LogP) is -0.355. The van der Waals surface area contributed by atoms with E-state index in [2.05, 4.69) is 11.8 Å². The van der Waals surface area contributed by atoms with Gasteiger partial charge in [0.15, 0.2) is 12.6 Å². The number of nitrogens with zero attached hydrogens (tertiary/aromatic N) is 1. The van der Waals surface area contributed by atoms with Crippen LogP contribution in [0, 0.1) is 11.8 Å². The minimum absolute atomic E-state index is 0.000563. The average molecular weight is 848 g/mol. The van der Waals surface area contributed by atoms with Gasteiger partial charge in [0.2, 0.25) is 5.91 Å². The number of amides is 1. The number of fused-ring (bicyclic) bond motifs is 2. The summed E-state index contributed by atoms with van der Waals surface area (Å²) in [4.78, 5) is 27.9. The van der Waals surface area contributed by atoms with Crippen molar-refractivity contribution in [3.63, 3.8) is 0 Å². The van der Waals surface area contributed by atoms with Crippen molar-refractivity contribution >= 4 is 17.6 Å². The molecule has 10 atom stereocenters. The van der Waals surface area contributed by atoms with Crippen LogP contribution in [0.2, 0.25) is 0 Å². The molecule has 0 radical (unpaired) electrons. The van der Waals surface area contributed by atoms with Crippen LogP contribution < -0.4 is 4.90 Å². The number of carbonyl (C=O) groups excluding carboxylic acids is 2. The third-order valence-electron chi connectivity index (χ3n) is 10.1. The lowest BCUT2D eigenvalue weighted by Gasteiger charge is -2.48. The Morgan fingerprint density at radius 1 is 0.700 bits per heavy atom. The Kier molecular flexibility index (Phi) is 19.5. The third-order valence-corrected chi connectivity index (χ3v) is 10.1. The Labute approximate surface area is 349 Å². The molecular formula is C42H57NO17. The average Bonchev–Trinajstić information content (AvgIpc) is 3.25. The fraction of sp³-hybridized carbons (Fsp3) is 0.619. The SMILES string of the molecule is CO[C@H]1OC(COCCOC(=O)CCCC(=O)N2Cc3ccccc3C#Cc3ccccc32)[C@H](O[C@H]2OC(COCCO)[C@@H](OC)[C@H](OCCO)C2O)[C@H](OCCO)C1O. The molecule has 18 nitrogen and oxygen atoms in total. The summed E-state index contributed by atoms with van der Waals surface area (Å²) in [5.74, 6) is 5.71. The molecule has 4 unspecified atom stereocenters. The maximum absolute atomic E-state index is 13.5. The van der Waals surface area contributed by atoms with Crippen LogP contribution in [0.5, 0.6) is 0 Å². The summed E-state index contributed by atoms with van der Waals surface area (Å²) in [5, 5.41) is 50.8. The van der Waals surface area contributed by atoms with Gasteiger partial charge < -0.3 is 77.8 Å². The first-order chi connectivity index (χ1) is 29.2. The van der Waals surface area contributed by atoms with E-state index in [-0.39, 0.29) is 91.2 Å². The molecule has 3 aliphatic heterocycles. The number of aliphatic hydroxyl groups excluding tert-OH is 5. The molecule has 0 spiro atoms. The van der Waals surface area contributed by atoms with Crippen molar-refractivity contribution in [2.45, 2.75) is 87.2 Å². The molecule has 2 saturated heterocycles. The zero-order valence-electron chi connectivity index (χ0n) is 33.9. The van der Waals surface area contributed by atoms with Crippen LogP contribution >= 0.6 is 0 Å². The van der Waals surface area contributed by atoms with Crippen molar-refractivity contribution in [3.8, 4) is 11.8 Å². The van der Waals surface area contributed by atoms with E-state index in [1.54, 1.807) is 4.90 Å². The molecular weight excluding hydrogens is 790 g/mol. The minimum atomic E-state index is -1.49. The van der Waals surface area contributed by atoms with Crippen LogP contribution in [-0.2, 0) is 63.5 Å². The van der Waals surface area contributed by atoms with Crippen LogP contribution in [0.25, 0.3) is 0 Å². The van der Waals surface area contributed by atoms with Gasteiger partial charge in [0.1, 0.15) is 55.4 Å². The van der Waals surface area contributed by atoms with E-state index < -0.39 is 67.4 Å². The van der Waals surface area contributed by atoms with Gasteiger partial charge in [-0.15, -0.1) is 0 Å². The number of ether oxygens (including phenoxy) is 10. The van der Waals surface area contributed by atoms with Gasteiger partial charge >= 0.3 is 5.97 Å². The zero-order valence-corrected chi connectivity index (χ0v) is 33.9. The fourth-order valence-corrected chi connectivity index (χ4v) is 7.20. The predicted molar refractivity (Wildman–Crippen MR) is 209 cm³/mol. The quantitative estimate of drug-likeness (QED) is 0.0547. The molecule has 1 amide bonds. The molecule has 60 heavy (non-hydrogen) atoms. The number of benzene rings is 2. The second kappa shape index (κ2) is 24.7. The van der Waals surface area contributed by atoms with E-state index in [1.807, 2.05) is 48.5 Å². The van der Waals surface area contributed by atoms with Crippen molar-refractivity contribution in [2.24, 2.45) is 0 Å². The number of esters is 1. The number of carbonyl (C=O) groups is 2. The van der Waals surface area contributed by atoms with E-state index in [9.17, 15) is 35.1 Å². The Morgan fingerprint density at radius 2 is 1.30 bits per heavy atom. The van der Waals surface area contributed by atoms with Gasteiger partial charge in [-0.1, -0.05) is 42.2 Å². The van der Waals surface area contributed by atoms with Crippen molar-refractivity contribution in [1.82, 2.24) is 0 Å². The lowest BCUT2D eigenvalue weighted by atomic mass is 9.96. The summed E-state index contributed by atoms with van der Waals surface area (Å²) in [7, 11) is 2.72. The molecule has 0 saturated carbocycles. The highest BCUT2D eigenvalue weighted by Crippen LogP contribution is 2.33. The van der Waals surface area contributed by atoms with Crippen LogP contribution in [0.4, 0.5) is 5.69 Å². The molecule has 2 aromatic rings. The largest absolute Gasteiger partial charge is 0.463 e. The summed E-state index contributed by atoms with van der Waals surface area (Å²) in [5.41, 5.74) is 3.23. The van der Waals surface area contributed by atoms with Crippen LogP contribution in [0.3, 0.4) is 0 Å². The lowest BCUT2D eigenvalue weighted by molar-refractivity contribution is -0.365. The smallest absolute Gasteiger partial charge is 0.305 e. The molecule has 3 aliphatic rings. The summed E-state index contributed by atoms with van der Waals surface area (Å²) in [6.45, 7) is -1.42. The Balaban J connectivity index is 1.16. The second-order valence-corrected chi connectivity index (χ2v) is 14.1. The maximum Gasteiger partial charge on any atom is 0.305 e. The minimum Gasteiger partial charge on any atom is -0.463 e. The first-order valence-electron chi connectivity index (χ1n) is 20.0. The topological polar surface area (TPSA) is 231 Å². The van der Waals surface area contributed by atoms with Gasteiger partial charge in [-0.05, 0) is 30.2 Å². The second-order valence-electron chi connectivity index (χ2n) is 14.1. The molecule has 5 N–H and O–H groups in total. The zero-order chi connectivity index (χ0) is 42.9. The first-order valence-corrected chi connectivity index (χ1v) is 20.0. The van der Waals surface area contributed by atoms with Crippen LogP contribution in [0.15, 0.2) is 48.5 Å². The highest BCUT2D eigenvalue weighted by molar-refractivity contribution is 5.95. The van der Waals surface area contributed by atoms with E-state index in [0.29, 0.717) is 12.2 Å². The van der Waals surface area contributed by atoms with Crippen LogP contribution in [0.1, 0.15) is 36.0 Å². The van der Waals surface area contributed by atoms with Crippen molar-refractivity contribution in [2.75, 3.05) is 85.2 Å². The van der Waals surface area contributed by atoms with Gasteiger partial charge in [0.05, 0.1) is 71.7 Å². The Bertz CT molecular complexity index is 1690. The summed E-state index contributed by atoms with van der Waals surface area (Å²) in [6, 6.07) is 15.2. The Morgan fingerprint density at radius 3 is 2.00 bits per heavy atom. The standard InChI is InChI=1S/C42H57NO17/c1-51-37-31(25-53-19-16-44)59-42(36(50)39(37)56-20-17-45)60-38-32(58-41(52-2)35(49)40(38)57-21-18-46)26-54-22-23-55-34(48)13-7-12-33(47)43-24-29-10-4-3-8-27(29)14-15-28-9-5-6-11-30(28)43/h3-6,8-11,31-32,35-42,44-46,49-50H,7,12-13,16-26H2,1-2H3/t31?,32?,35?,36?,37-,38+,39-,40-,41+,42-/m1/s1. The number of para-hydroxylation sites is 1. The molecule has 0 aromatic heterocycles. The fourth-order valence-electron chi connectivity index (χ4n) is 7.20. The summed E-state index contributed by atoms with van der Waals surface area (Å²) in [6.07, 6.45) is -11.4. The van der Waals surface area contributed by atoms with Crippen molar-refractivity contribution in [1.29, 1.82) is 0 Å². The van der Waals surface area contributed by atoms with Gasteiger partial charge in [-0.2, -0.15) is 0 Å². The molecule has 0 aliphatic carbocycles. The lowest BCUT2D eigenvalue weighted by Crippen LogP contribution is -2.66. The summed E-state index contributed by atoms with van der Waals surface area (Å²) < 4.78 is 57.6. The number of aliphatic hydroxyl groups is 5. The normalized spacial score (nSPS) is 27.5. The number of hydrogen-bond donors (Lipinski definition) is 5. The molecule has 0 bridgehead atoms. The van der Waals surface area contributed by atoms with E-state index in [0.717, 1.165) is 16.7 Å². The highest BCUT2D eigenvalue weighted by Gasteiger charge is 2.52. The molecule has 2 fully saturated rings. The van der Waals surface area contributed by atoms with Crippen molar-refractivity contribution in [3.05, 3.63) is 65.2 Å². The van der Waals surface area contributed by atoms with Gasteiger partial charge in [-0.25, -0.2) is 0 Å².